The van der Waals surface area contributed by atoms with Gasteiger partial charge in [0.15, 0.2) is 0 Å². The minimum Gasteiger partial charge on any atom is -0.481 e. The molecular weight excluding hydrogens is 318 g/mol. The number of aliphatic carboxylic acids is 1. The van der Waals surface area contributed by atoms with Gasteiger partial charge in [-0.3, -0.25) is 4.79 Å². The Hall–Kier alpha value is -1.22. The van der Waals surface area contributed by atoms with E-state index in [0.717, 1.165) is 16.9 Å². The third kappa shape index (κ3) is 3.66. The molecule has 0 aromatic carbocycles. The highest BCUT2D eigenvalue weighted by molar-refractivity contribution is 7.91. The largest absolute Gasteiger partial charge is 0.481 e. The van der Waals surface area contributed by atoms with Gasteiger partial charge in [-0.2, -0.15) is 11.3 Å². The summed E-state index contributed by atoms with van der Waals surface area (Å²) in [6.45, 7) is 1.77. The molecule has 0 radical (unpaired) electrons. The molecule has 108 valence electrons. The molecule has 2 rings (SSSR count). The predicted octanol–water partition coefficient (Wildman–Crippen LogP) is 2.48. The van der Waals surface area contributed by atoms with Crippen LogP contribution in [0, 0.1) is 0 Å². The zero-order valence-corrected chi connectivity index (χ0v) is 13.0. The van der Waals surface area contributed by atoms with Gasteiger partial charge in [0.05, 0.1) is 6.42 Å². The van der Waals surface area contributed by atoms with Gasteiger partial charge < -0.3 is 5.11 Å². The normalized spacial score (nSPS) is 13.2. The lowest BCUT2D eigenvalue weighted by molar-refractivity contribution is -0.136. The van der Waals surface area contributed by atoms with Crippen LogP contribution in [0.1, 0.15) is 23.4 Å². The van der Waals surface area contributed by atoms with Gasteiger partial charge in [-0.05, 0) is 41.4 Å². The first kappa shape index (κ1) is 15.2. The summed E-state index contributed by atoms with van der Waals surface area (Å²) in [5, 5.41) is 12.5. The summed E-state index contributed by atoms with van der Waals surface area (Å²) < 4.78 is 27.1. The van der Waals surface area contributed by atoms with Crippen LogP contribution in [0.15, 0.2) is 33.2 Å². The molecule has 1 atom stereocenters. The predicted molar refractivity (Wildman–Crippen MR) is 78.7 cm³/mol. The summed E-state index contributed by atoms with van der Waals surface area (Å²) in [4.78, 5) is 11.1. The molecule has 0 spiro atoms. The minimum absolute atomic E-state index is 0.135. The number of sulfonamides is 1. The van der Waals surface area contributed by atoms with E-state index in [1.165, 1.54) is 23.5 Å². The zero-order chi connectivity index (χ0) is 14.8. The highest BCUT2D eigenvalue weighted by Crippen LogP contribution is 2.24. The first-order valence-corrected chi connectivity index (χ1v) is 8.97. The van der Waals surface area contributed by atoms with Crippen molar-refractivity contribution in [1.82, 2.24) is 4.72 Å². The van der Waals surface area contributed by atoms with Gasteiger partial charge in [-0.15, -0.1) is 11.3 Å². The quantitative estimate of drug-likeness (QED) is 0.852. The van der Waals surface area contributed by atoms with Crippen LogP contribution in [0.4, 0.5) is 0 Å². The van der Waals surface area contributed by atoms with E-state index >= 15 is 0 Å². The van der Waals surface area contributed by atoms with Gasteiger partial charge in [-0.1, -0.05) is 0 Å². The fourth-order valence-corrected chi connectivity index (χ4v) is 4.98. The Bertz CT molecular complexity index is 688. The third-order valence-electron chi connectivity index (χ3n) is 2.60. The average molecular weight is 331 g/mol. The van der Waals surface area contributed by atoms with Crippen LogP contribution >= 0.6 is 22.7 Å². The fourth-order valence-electron chi connectivity index (χ4n) is 1.63. The molecule has 1 unspecified atom stereocenters. The van der Waals surface area contributed by atoms with E-state index in [9.17, 15) is 13.2 Å². The van der Waals surface area contributed by atoms with E-state index in [-0.39, 0.29) is 16.7 Å². The average Bonchev–Trinajstić information content (AvgIpc) is 2.97. The maximum atomic E-state index is 12.2. The molecule has 0 saturated heterocycles. The molecule has 2 aromatic heterocycles. The van der Waals surface area contributed by atoms with Gasteiger partial charge in [-0.25, -0.2) is 13.1 Å². The topological polar surface area (TPSA) is 83.5 Å². The molecular formula is C12H13NO4S3. The Balaban J connectivity index is 2.14. The molecule has 0 aliphatic heterocycles. The molecule has 0 fully saturated rings. The Labute approximate surface area is 124 Å². The van der Waals surface area contributed by atoms with Crippen molar-refractivity contribution in [2.45, 2.75) is 23.6 Å². The van der Waals surface area contributed by atoms with Crippen LogP contribution < -0.4 is 4.72 Å². The van der Waals surface area contributed by atoms with E-state index in [0.29, 0.717) is 4.88 Å². The maximum absolute atomic E-state index is 12.2. The van der Waals surface area contributed by atoms with Gasteiger partial charge in [0.25, 0.3) is 10.0 Å². The van der Waals surface area contributed by atoms with Crippen molar-refractivity contribution < 1.29 is 18.3 Å². The summed E-state index contributed by atoms with van der Waals surface area (Å²) in [7, 11) is -3.62. The molecule has 2 N–H and O–H groups in total. The van der Waals surface area contributed by atoms with E-state index < -0.39 is 16.0 Å². The van der Waals surface area contributed by atoms with E-state index in [4.69, 9.17) is 5.11 Å². The monoisotopic (exact) mass is 331 g/mol. The highest BCUT2D eigenvalue weighted by atomic mass is 32.2. The van der Waals surface area contributed by atoms with Gasteiger partial charge in [0, 0.05) is 10.9 Å². The lowest BCUT2D eigenvalue weighted by Gasteiger charge is -2.11. The smallest absolute Gasteiger partial charge is 0.308 e. The number of hydrogen-bond acceptors (Lipinski definition) is 5. The molecule has 8 heteroatoms. The number of carboxylic acids is 1. The molecule has 0 saturated carbocycles. The second-order valence-electron chi connectivity index (χ2n) is 4.19. The Kier molecular flexibility index (Phi) is 4.59. The number of carboxylic acid groups (broad SMARTS) is 1. The molecule has 0 bridgehead atoms. The molecule has 0 amide bonds. The third-order valence-corrected chi connectivity index (χ3v) is 6.42. The standard InChI is InChI=1S/C12H13NO4S3/c1-8(9-4-5-18-7-9)13-20(16,17)12-3-2-10(19-12)6-11(14)15/h2-5,7-8,13H,6H2,1H3,(H,14,15). The Morgan fingerprint density at radius 3 is 2.75 bits per heavy atom. The number of carbonyl (C=O) groups is 1. The summed E-state index contributed by atoms with van der Waals surface area (Å²) in [6.07, 6.45) is -0.166. The number of hydrogen-bond donors (Lipinski definition) is 2. The summed E-state index contributed by atoms with van der Waals surface area (Å²) in [5.74, 6) is -0.976. The van der Waals surface area contributed by atoms with Crippen molar-refractivity contribution in [3.63, 3.8) is 0 Å². The van der Waals surface area contributed by atoms with Gasteiger partial charge in [0.1, 0.15) is 4.21 Å². The van der Waals surface area contributed by atoms with Crippen molar-refractivity contribution in [3.8, 4) is 0 Å². The van der Waals surface area contributed by atoms with Crippen LogP contribution in [0.2, 0.25) is 0 Å². The van der Waals surface area contributed by atoms with E-state index in [2.05, 4.69) is 4.72 Å². The van der Waals surface area contributed by atoms with Crippen molar-refractivity contribution in [1.29, 1.82) is 0 Å². The number of nitrogens with one attached hydrogen (secondary N) is 1. The molecule has 2 aromatic rings. The molecule has 2 heterocycles. The van der Waals surface area contributed by atoms with Crippen molar-refractivity contribution in [2.75, 3.05) is 0 Å². The second kappa shape index (κ2) is 6.04. The fraction of sp³-hybridized carbons (Fsp3) is 0.250. The highest BCUT2D eigenvalue weighted by Gasteiger charge is 2.21. The van der Waals surface area contributed by atoms with Gasteiger partial charge in [0.2, 0.25) is 0 Å². The van der Waals surface area contributed by atoms with Crippen molar-refractivity contribution in [3.05, 3.63) is 39.4 Å². The molecule has 0 aliphatic carbocycles. The van der Waals surface area contributed by atoms with Crippen LogP contribution in [0.3, 0.4) is 0 Å². The van der Waals surface area contributed by atoms with Crippen LogP contribution in [0.25, 0.3) is 0 Å². The molecule has 0 aliphatic rings. The zero-order valence-electron chi connectivity index (χ0n) is 10.6. The van der Waals surface area contributed by atoms with Crippen molar-refractivity contribution >= 4 is 38.7 Å². The first-order valence-electron chi connectivity index (χ1n) is 5.73. The maximum Gasteiger partial charge on any atom is 0.308 e. The minimum atomic E-state index is -3.62. The first-order chi connectivity index (χ1) is 9.38. The van der Waals surface area contributed by atoms with Crippen LogP contribution in [-0.2, 0) is 21.2 Å². The number of thiophene rings is 2. The Morgan fingerprint density at radius 1 is 1.40 bits per heavy atom. The SMILES string of the molecule is CC(NS(=O)(=O)c1ccc(CC(=O)O)s1)c1ccsc1. The number of rotatable bonds is 6. The second-order valence-corrected chi connectivity index (χ2v) is 8.08. The summed E-state index contributed by atoms with van der Waals surface area (Å²) in [6, 6.07) is 4.51. The summed E-state index contributed by atoms with van der Waals surface area (Å²) in [5.41, 5.74) is 0.904. The Morgan fingerprint density at radius 2 is 2.15 bits per heavy atom. The van der Waals surface area contributed by atoms with Crippen LogP contribution in [0.5, 0.6) is 0 Å². The van der Waals surface area contributed by atoms with E-state index in [1.807, 2.05) is 16.8 Å². The van der Waals surface area contributed by atoms with E-state index in [1.54, 1.807) is 6.92 Å². The lowest BCUT2D eigenvalue weighted by Crippen LogP contribution is -2.25. The summed E-state index contributed by atoms with van der Waals surface area (Å²) >= 11 is 2.48. The van der Waals surface area contributed by atoms with Crippen LogP contribution in [-0.4, -0.2) is 19.5 Å². The lowest BCUT2D eigenvalue weighted by atomic mass is 10.2. The molecule has 20 heavy (non-hydrogen) atoms. The molecule has 5 nitrogen and oxygen atoms in total. The van der Waals surface area contributed by atoms with Crippen molar-refractivity contribution in [2.24, 2.45) is 0 Å². The van der Waals surface area contributed by atoms with Gasteiger partial charge >= 0.3 is 5.97 Å².